The topological polar surface area (TPSA) is 47.3 Å². The van der Waals surface area contributed by atoms with Crippen LogP contribution in [0.1, 0.15) is 18.4 Å². The summed E-state index contributed by atoms with van der Waals surface area (Å²) in [6.07, 6.45) is 2.89. The van der Waals surface area contributed by atoms with Crippen molar-refractivity contribution in [3.05, 3.63) is 29.6 Å². The molecule has 1 rings (SSSR count). The van der Waals surface area contributed by atoms with Gasteiger partial charge in [-0.05, 0) is 62.7 Å². The lowest BCUT2D eigenvalue weighted by molar-refractivity contribution is 0.407. The average Bonchev–Trinajstić information content (AvgIpc) is 2.34. The molecule has 0 saturated carbocycles. The van der Waals surface area contributed by atoms with Gasteiger partial charge in [-0.2, -0.15) is 0 Å². The van der Waals surface area contributed by atoms with E-state index >= 15 is 0 Å². The first-order chi connectivity index (χ1) is 8.27. The van der Waals surface area contributed by atoms with Gasteiger partial charge < -0.3 is 15.8 Å². The first-order valence-corrected chi connectivity index (χ1v) is 6.01. The van der Waals surface area contributed by atoms with Crippen LogP contribution in [0, 0.1) is 5.82 Å². The zero-order valence-corrected chi connectivity index (χ0v) is 10.3. The van der Waals surface area contributed by atoms with Crippen molar-refractivity contribution >= 4 is 0 Å². The molecule has 0 aromatic heterocycles. The number of hydrogen-bond donors (Lipinski definition) is 2. The fraction of sp³-hybridized carbons (Fsp3) is 0.538. The third-order valence-electron chi connectivity index (χ3n) is 2.62. The highest BCUT2D eigenvalue weighted by Gasteiger charge is 2.03. The summed E-state index contributed by atoms with van der Waals surface area (Å²) < 4.78 is 18.3. The summed E-state index contributed by atoms with van der Waals surface area (Å²) in [4.78, 5) is 0. The Labute approximate surface area is 102 Å². The van der Waals surface area contributed by atoms with Crippen LogP contribution in [-0.2, 0) is 6.42 Å². The maximum absolute atomic E-state index is 13.1. The molecule has 96 valence electrons. The Balaban J connectivity index is 2.32. The van der Waals surface area contributed by atoms with Gasteiger partial charge in [0.1, 0.15) is 11.6 Å². The molecule has 0 bridgehead atoms. The summed E-state index contributed by atoms with van der Waals surface area (Å²) in [6, 6.07) is 4.61. The summed E-state index contributed by atoms with van der Waals surface area (Å²) in [5.74, 6) is 0.527. The predicted molar refractivity (Wildman–Crippen MR) is 67.8 cm³/mol. The van der Waals surface area contributed by atoms with Crippen LogP contribution in [0.4, 0.5) is 4.39 Å². The fourth-order valence-electron chi connectivity index (χ4n) is 1.68. The highest BCUT2D eigenvalue weighted by molar-refractivity contribution is 5.34. The number of nitrogens with one attached hydrogen (secondary N) is 1. The molecule has 4 heteroatoms. The monoisotopic (exact) mass is 240 g/mol. The summed E-state index contributed by atoms with van der Waals surface area (Å²) in [5.41, 5.74) is 6.30. The van der Waals surface area contributed by atoms with Gasteiger partial charge >= 0.3 is 0 Å². The van der Waals surface area contributed by atoms with Crippen molar-refractivity contribution < 1.29 is 9.13 Å². The zero-order chi connectivity index (χ0) is 12.5. The van der Waals surface area contributed by atoms with Crippen LogP contribution < -0.4 is 15.8 Å². The van der Waals surface area contributed by atoms with Crippen molar-refractivity contribution in [3.63, 3.8) is 0 Å². The molecule has 0 atom stereocenters. The van der Waals surface area contributed by atoms with Gasteiger partial charge in [-0.15, -0.1) is 0 Å². The number of nitrogens with two attached hydrogens (primary N) is 1. The second kappa shape index (κ2) is 8.03. The Morgan fingerprint density at radius 3 is 2.82 bits per heavy atom. The fourth-order valence-corrected chi connectivity index (χ4v) is 1.68. The van der Waals surface area contributed by atoms with Crippen LogP contribution in [0.2, 0.25) is 0 Å². The van der Waals surface area contributed by atoms with Gasteiger partial charge in [0, 0.05) is 0 Å². The summed E-state index contributed by atoms with van der Waals surface area (Å²) in [6.45, 7) is 2.51. The highest BCUT2D eigenvalue weighted by atomic mass is 19.1. The van der Waals surface area contributed by atoms with Crippen molar-refractivity contribution in [1.29, 1.82) is 0 Å². The second-order valence-corrected chi connectivity index (χ2v) is 3.95. The van der Waals surface area contributed by atoms with E-state index in [4.69, 9.17) is 10.5 Å². The van der Waals surface area contributed by atoms with E-state index in [1.165, 1.54) is 12.1 Å². The van der Waals surface area contributed by atoms with Crippen LogP contribution in [0.15, 0.2) is 18.2 Å². The quantitative estimate of drug-likeness (QED) is 0.680. The number of benzene rings is 1. The molecule has 0 aliphatic rings. The van der Waals surface area contributed by atoms with Gasteiger partial charge in [0.25, 0.3) is 0 Å². The van der Waals surface area contributed by atoms with E-state index in [1.54, 1.807) is 13.2 Å². The molecule has 3 nitrogen and oxygen atoms in total. The SMILES string of the molecule is COc1ccc(F)cc1CCNCCCCN. The van der Waals surface area contributed by atoms with Gasteiger partial charge in [-0.3, -0.25) is 0 Å². The van der Waals surface area contributed by atoms with E-state index in [-0.39, 0.29) is 5.82 Å². The minimum Gasteiger partial charge on any atom is -0.496 e. The van der Waals surface area contributed by atoms with Gasteiger partial charge in [-0.1, -0.05) is 0 Å². The molecule has 0 unspecified atom stereocenters. The van der Waals surface area contributed by atoms with Crippen LogP contribution in [0.3, 0.4) is 0 Å². The third-order valence-corrected chi connectivity index (χ3v) is 2.62. The maximum Gasteiger partial charge on any atom is 0.123 e. The third kappa shape index (κ3) is 5.15. The van der Waals surface area contributed by atoms with E-state index in [2.05, 4.69) is 5.32 Å². The van der Waals surface area contributed by atoms with Crippen LogP contribution in [-0.4, -0.2) is 26.7 Å². The minimum atomic E-state index is -0.219. The van der Waals surface area contributed by atoms with Crippen LogP contribution >= 0.6 is 0 Å². The maximum atomic E-state index is 13.1. The Bertz CT molecular complexity index is 331. The van der Waals surface area contributed by atoms with Gasteiger partial charge in [-0.25, -0.2) is 4.39 Å². The summed E-state index contributed by atoms with van der Waals surface area (Å²) in [5, 5.41) is 3.31. The molecule has 3 N–H and O–H groups in total. The molecule has 0 fully saturated rings. The van der Waals surface area contributed by atoms with Crippen LogP contribution in [0.5, 0.6) is 5.75 Å². The van der Waals surface area contributed by atoms with E-state index in [0.717, 1.165) is 50.2 Å². The smallest absolute Gasteiger partial charge is 0.123 e. The van der Waals surface area contributed by atoms with E-state index in [0.29, 0.717) is 0 Å². The zero-order valence-electron chi connectivity index (χ0n) is 10.3. The number of ether oxygens (including phenoxy) is 1. The summed E-state index contributed by atoms with van der Waals surface area (Å²) >= 11 is 0. The van der Waals surface area contributed by atoms with Gasteiger partial charge in [0.05, 0.1) is 7.11 Å². The lowest BCUT2D eigenvalue weighted by Gasteiger charge is -2.09. The Kier molecular flexibility index (Phi) is 6.58. The molecule has 0 spiro atoms. The second-order valence-electron chi connectivity index (χ2n) is 3.95. The molecule has 0 saturated heterocycles. The summed E-state index contributed by atoms with van der Waals surface area (Å²) in [7, 11) is 1.60. The largest absolute Gasteiger partial charge is 0.496 e. The first kappa shape index (κ1) is 13.9. The van der Waals surface area contributed by atoms with Crippen molar-refractivity contribution in [2.24, 2.45) is 5.73 Å². The number of hydrogen-bond acceptors (Lipinski definition) is 3. The van der Waals surface area contributed by atoms with E-state index in [1.807, 2.05) is 0 Å². The Morgan fingerprint density at radius 1 is 1.29 bits per heavy atom. The number of rotatable bonds is 8. The average molecular weight is 240 g/mol. The van der Waals surface area contributed by atoms with Crippen LogP contribution in [0.25, 0.3) is 0 Å². The van der Waals surface area contributed by atoms with E-state index < -0.39 is 0 Å². The lowest BCUT2D eigenvalue weighted by atomic mass is 10.1. The molecule has 1 aromatic rings. The Hall–Kier alpha value is -1.13. The van der Waals surface area contributed by atoms with Crippen molar-refractivity contribution in [1.82, 2.24) is 5.32 Å². The van der Waals surface area contributed by atoms with Crippen molar-refractivity contribution in [3.8, 4) is 5.75 Å². The van der Waals surface area contributed by atoms with Gasteiger partial charge in [0.15, 0.2) is 0 Å². The molecule has 0 amide bonds. The minimum absolute atomic E-state index is 0.219. The predicted octanol–water partition coefficient (Wildman–Crippen LogP) is 1.71. The standard InChI is InChI=1S/C13H21FN2O/c1-17-13-5-4-12(14)10-11(13)6-9-16-8-3-2-7-15/h4-5,10,16H,2-3,6-9,15H2,1H3. The molecular weight excluding hydrogens is 219 g/mol. The Morgan fingerprint density at radius 2 is 2.12 bits per heavy atom. The number of methoxy groups -OCH3 is 1. The van der Waals surface area contributed by atoms with E-state index in [9.17, 15) is 4.39 Å². The molecular formula is C13H21FN2O. The molecule has 0 aliphatic carbocycles. The van der Waals surface area contributed by atoms with Crippen molar-refractivity contribution in [2.75, 3.05) is 26.7 Å². The van der Waals surface area contributed by atoms with Gasteiger partial charge in [0.2, 0.25) is 0 Å². The normalized spacial score (nSPS) is 10.5. The molecule has 0 heterocycles. The lowest BCUT2D eigenvalue weighted by Crippen LogP contribution is -2.19. The first-order valence-electron chi connectivity index (χ1n) is 6.01. The molecule has 0 aliphatic heterocycles. The molecule has 17 heavy (non-hydrogen) atoms. The number of halogens is 1. The highest BCUT2D eigenvalue weighted by Crippen LogP contribution is 2.19. The molecule has 1 aromatic carbocycles. The number of unbranched alkanes of at least 4 members (excludes halogenated alkanes) is 1. The van der Waals surface area contributed by atoms with Crippen molar-refractivity contribution in [2.45, 2.75) is 19.3 Å². The molecule has 0 radical (unpaired) electrons.